The summed E-state index contributed by atoms with van der Waals surface area (Å²) in [5, 5.41) is 30.2. The Balaban J connectivity index is 2.78. The van der Waals surface area contributed by atoms with Crippen molar-refractivity contribution < 1.29 is 15.3 Å². The highest BCUT2D eigenvalue weighted by molar-refractivity contribution is 8.21. The van der Waals surface area contributed by atoms with Crippen molar-refractivity contribution in [2.24, 2.45) is 0 Å². The van der Waals surface area contributed by atoms with Crippen LogP contribution in [-0.4, -0.2) is 33.1 Å². The third-order valence-corrected chi connectivity index (χ3v) is 2.92. The Morgan fingerprint density at radius 1 is 1.36 bits per heavy atom. The summed E-state index contributed by atoms with van der Waals surface area (Å²) in [6.45, 7) is -0.434. The Bertz CT molecular complexity index is 216. The van der Waals surface area contributed by atoms with Gasteiger partial charge in [-0.05, 0) is 10.8 Å². The summed E-state index contributed by atoms with van der Waals surface area (Å²) in [6.07, 6.45) is 2.47. The molecule has 0 bridgehead atoms. The van der Waals surface area contributed by atoms with Crippen LogP contribution in [0.3, 0.4) is 0 Å². The highest BCUT2D eigenvalue weighted by Crippen LogP contribution is 2.24. The van der Waals surface area contributed by atoms with E-state index in [0.29, 0.717) is 0 Å². The van der Waals surface area contributed by atoms with Crippen LogP contribution < -0.4 is 0 Å². The molecule has 0 amide bonds. The molecular formula is C7H10O3S. The second kappa shape index (κ2) is 3.82. The molecule has 3 nitrogen and oxygen atoms in total. The molecule has 1 heterocycles. The van der Waals surface area contributed by atoms with Crippen molar-refractivity contribution in [2.75, 3.05) is 6.61 Å². The quantitative estimate of drug-likeness (QED) is 0.529. The third kappa shape index (κ3) is 2.00. The molecule has 1 unspecified atom stereocenters. The summed E-state index contributed by atoms with van der Waals surface area (Å²) in [4.78, 5) is 0. The zero-order valence-electron chi connectivity index (χ0n) is 5.84. The summed E-state index contributed by atoms with van der Waals surface area (Å²) in [5.74, 6) is 0. The monoisotopic (exact) mass is 174 g/mol. The molecule has 1 atom stereocenters. The van der Waals surface area contributed by atoms with Gasteiger partial charge in [0, 0.05) is 0 Å². The van der Waals surface area contributed by atoms with Crippen LogP contribution in [0.5, 0.6) is 0 Å². The molecule has 62 valence electrons. The Morgan fingerprint density at radius 2 is 1.91 bits per heavy atom. The zero-order valence-corrected chi connectivity index (χ0v) is 6.66. The van der Waals surface area contributed by atoms with Gasteiger partial charge in [-0.15, -0.1) is 10.5 Å². The highest BCUT2D eigenvalue weighted by atomic mass is 32.2. The molecular weight excluding hydrogens is 164 g/mol. The van der Waals surface area contributed by atoms with Gasteiger partial charge >= 0.3 is 0 Å². The minimum absolute atomic E-state index is 0.0718. The summed E-state index contributed by atoms with van der Waals surface area (Å²) < 4.78 is 0. The van der Waals surface area contributed by atoms with Gasteiger partial charge in [-0.25, -0.2) is 0 Å². The standard InChI is InChI=1S/C7H10O3S/c8-5-6(9)7(10)11-3-1-2-4-11/h1-4,6,8-10H,5H2. The number of allylic oxidation sites excluding steroid dienone is 2. The first kappa shape index (κ1) is 8.67. The minimum Gasteiger partial charge on any atom is -0.393 e. The first-order valence-electron chi connectivity index (χ1n) is 3.17. The van der Waals surface area contributed by atoms with Crippen LogP contribution in [0.25, 0.3) is 0 Å². The van der Waals surface area contributed by atoms with E-state index in [1.165, 1.54) is 0 Å². The van der Waals surface area contributed by atoms with Gasteiger partial charge in [0.25, 0.3) is 0 Å². The van der Waals surface area contributed by atoms with E-state index in [1.807, 2.05) is 0 Å². The van der Waals surface area contributed by atoms with Crippen LogP contribution in [0.1, 0.15) is 0 Å². The van der Waals surface area contributed by atoms with Gasteiger partial charge in [-0.1, -0.05) is 12.2 Å². The molecule has 1 aliphatic heterocycles. The molecule has 11 heavy (non-hydrogen) atoms. The van der Waals surface area contributed by atoms with Gasteiger partial charge in [0.15, 0.2) is 0 Å². The molecule has 0 spiro atoms. The van der Waals surface area contributed by atoms with Gasteiger partial charge in [0.2, 0.25) is 0 Å². The fourth-order valence-corrected chi connectivity index (χ4v) is 1.96. The van der Waals surface area contributed by atoms with E-state index >= 15 is 0 Å². The maximum atomic E-state index is 9.23. The molecule has 0 radical (unpaired) electrons. The molecule has 0 aromatic rings. The second-order valence-corrected chi connectivity index (χ2v) is 3.77. The lowest BCUT2D eigenvalue weighted by atomic mass is 10.4. The number of hydrogen-bond donors (Lipinski definition) is 3. The first-order valence-corrected chi connectivity index (χ1v) is 4.52. The summed E-state index contributed by atoms with van der Waals surface area (Å²) >= 11 is 0. The normalized spacial score (nSPS) is 19.2. The fourth-order valence-electron chi connectivity index (χ4n) is 0.680. The minimum atomic E-state index is -1.12. The fraction of sp³-hybridized carbons (Fsp3) is 0.286. The second-order valence-electron chi connectivity index (χ2n) is 2.07. The Kier molecular flexibility index (Phi) is 3.02. The Labute approximate surface area is 67.2 Å². The zero-order chi connectivity index (χ0) is 8.27. The maximum absolute atomic E-state index is 9.23. The predicted octanol–water partition coefficient (Wildman–Crippen LogP) is 0.337. The van der Waals surface area contributed by atoms with Crippen molar-refractivity contribution in [3.63, 3.8) is 0 Å². The largest absolute Gasteiger partial charge is 0.393 e. The van der Waals surface area contributed by atoms with Crippen molar-refractivity contribution in [3.05, 3.63) is 23.0 Å². The van der Waals surface area contributed by atoms with Gasteiger partial charge in [0.1, 0.15) is 11.2 Å². The van der Waals surface area contributed by atoms with Gasteiger partial charge in [-0.3, -0.25) is 0 Å². The molecule has 0 aromatic carbocycles. The van der Waals surface area contributed by atoms with Gasteiger partial charge in [0.05, 0.1) is 6.61 Å². The van der Waals surface area contributed by atoms with Crippen LogP contribution >= 0.6 is 10.5 Å². The van der Waals surface area contributed by atoms with E-state index in [2.05, 4.69) is 0 Å². The van der Waals surface area contributed by atoms with Crippen LogP contribution in [0.2, 0.25) is 0 Å². The first-order chi connectivity index (χ1) is 5.25. The number of rotatable bonds is 2. The molecule has 0 aliphatic carbocycles. The van der Waals surface area contributed by atoms with Crippen molar-refractivity contribution in [1.29, 1.82) is 0 Å². The summed E-state index contributed by atoms with van der Waals surface area (Å²) in [7, 11) is -0.501. The number of aliphatic hydroxyl groups excluding tert-OH is 3. The van der Waals surface area contributed by atoms with E-state index in [9.17, 15) is 5.11 Å². The van der Waals surface area contributed by atoms with E-state index < -0.39 is 23.2 Å². The van der Waals surface area contributed by atoms with Crippen LogP contribution in [0.4, 0.5) is 0 Å². The lowest BCUT2D eigenvalue weighted by molar-refractivity contribution is 0.133. The SMILES string of the molecule is OCC(O)C(O)=S1C=CC=C1. The molecule has 0 fully saturated rings. The van der Waals surface area contributed by atoms with E-state index in [1.54, 1.807) is 23.0 Å². The van der Waals surface area contributed by atoms with Crippen molar-refractivity contribution in [1.82, 2.24) is 0 Å². The average molecular weight is 174 g/mol. The van der Waals surface area contributed by atoms with Crippen LogP contribution in [-0.2, 0) is 0 Å². The molecule has 1 rings (SSSR count). The lowest BCUT2D eigenvalue weighted by Crippen LogP contribution is -2.23. The van der Waals surface area contributed by atoms with E-state index in [0.717, 1.165) is 0 Å². The topological polar surface area (TPSA) is 60.7 Å². The van der Waals surface area contributed by atoms with Crippen molar-refractivity contribution >= 4 is 15.5 Å². The highest BCUT2D eigenvalue weighted by Gasteiger charge is 2.09. The molecule has 0 aromatic heterocycles. The molecule has 4 heteroatoms. The molecule has 0 saturated carbocycles. The number of hydrogen-bond acceptors (Lipinski definition) is 2. The summed E-state index contributed by atoms with van der Waals surface area (Å²) in [5.41, 5.74) is 0. The Hall–Kier alpha value is -0.420. The van der Waals surface area contributed by atoms with Crippen molar-refractivity contribution in [2.45, 2.75) is 6.10 Å². The molecule has 0 saturated heterocycles. The Morgan fingerprint density at radius 3 is 2.36 bits per heavy atom. The average Bonchev–Trinajstić information content (AvgIpc) is 2.53. The number of aliphatic hydroxyl groups is 3. The predicted molar refractivity (Wildman–Crippen MR) is 46.6 cm³/mol. The smallest absolute Gasteiger partial charge is 0.129 e. The van der Waals surface area contributed by atoms with Gasteiger partial charge < -0.3 is 15.3 Å². The molecule has 3 N–H and O–H groups in total. The van der Waals surface area contributed by atoms with E-state index in [-0.39, 0.29) is 5.05 Å². The maximum Gasteiger partial charge on any atom is 0.129 e. The summed E-state index contributed by atoms with van der Waals surface area (Å²) in [6, 6.07) is 0. The third-order valence-electron chi connectivity index (χ3n) is 1.26. The van der Waals surface area contributed by atoms with E-state index in [4.69, 9.17) is 10.2 Å². The van der Waals surface area contributed by atoms with Crippen LogP contribution in [0.15, 0.2) is 23.0 Å². The van der Waals surface area contributed by atoms with Crippen molar-refractivity contribution in [3.8, 4) is 0 Å². The van der Waals surface area contributed by atoms with Gasteiger partial charge in [-0.2, -0.15) is 0 Å². The molecule has 1 aliphatic rings. The van der Waals surface area contributed by atoms with Crippen LogP contribution in [0, 0.1) is 0 Å². The lowest BCUT2D eigenvalue weighted by Gasteiger charge is -2.07.